The summed E-state index contributed by atoms with van der Waals surface area (Å²) in [5.41, 5.74) is 4.26. The fraction of sp³-hybridized carbons (Fsp3) is 0.500. The molecule has 0 bridgehead atoms. The van der Waals surface area contributed by atoms with E-state index in [1.807, 2.05) is 12.2 Å². The number of nitrogens with zero attached hydrogens (tertiary/aromatic N) is 2. The molecule has 0 aliphatic heterocycles. The molecule has 2 N–H and O–H groups in total. The quantitative estimate of drug-likeness (QED) is 0.387. The van der Waals surface area contributed by atoms with Crippen molar-refractivity contribution in [1.29, 1.82) is 0 Å². The Balaban J connectivity index is 0. The van der Waals surface area contributed by atoms with Gasteiger partial charge in [0, 0.05) is 20.1 Å². The maximum atomic E-state index is 11.3. The number of carbonyl (C=O) groups excluding carboxylic acids is 2. The molecule has 5 nitrogen and oxygen atoms in total. The topological polar surface area (TPSA) is 66.6 Å². The van der Waals surface area contributed by atoms with Crippen LogP contribution in [0.25, 0.3) is 0 Å². The van der Waals surface area contributed by atoms with Gasteiger partial charge in [-0.15, -0.1) is 26.3 Å². The number of likely N-dealkylation sites (N-methyl/N-ethyl adjacent to an activating group) is 1. The SMILES string of the molecule is C=CCC(CC=C)(C(N)=O)N(C)C=O.C=CCN(CC=C)CCCC. The van der Waals surface area contributed by atoms with E-state index in [9.17, 15) is 9.59 Å². The molecule has 0 saturated heterocycles. The Morgan fingerprint density at radius 2 is 1.52 bits per heavy atom. The average Bonchev–Trinajstić information content (AvgIpc) is 2.59. The highest BCUT2D eigenvalue weighted by atomic mass is 16.2. The van der Waals surface area contributed by atoms with E-state index in [-0.39, 0.29) is 0 Å². The van der Waals surface area contributed by atoms with E-state index < -0.39 is 11.4 Å². The van der Waals surface area contributed by atoms with Crippen LogP contribution in [-0.4, -0.2) is 54.3 Å². The van der Waals surface area contributed by atoms with E-state index >= 15 is 0 Å². The van der Waals surface area contributed by atoms with Crippen LogP contribution in [0, 0.1) is 0 Å². The van der Waals surface area contributed by atoms with E-state index in [2.05, 4.69) is 38.1 Å². The summed E-state index contributed by atoms with van der Waals surface area (Å²) in [6.07, 6.45) is 10.8. The van der Waals surface area contributed by atoms with Crippen molar-refractivity contribution in [1.82, 2.24) is 9.80 Å². The van der Waals surface area contributed by atoms with Gasteiger partial charge in [-0.3, -0.25) is 14.5 Å². The van der Waals surface area contributed by atoms with Crippen LogP contribution in [0.15, 0.2) is 50.6 Å². The molecule has 0 aromatic carbocycles. The van der Waals surface area contributed by atoms with Crippen molar-refractivity contribution in [3.05, 3.63) is 50.6 Å². The van der Waals surface area contributed by atoms with Gasteiger partial charge in [0.1, 0.15) is 5.54 Å². The first-order valence-corrected chi connectivity index (χ1v) is 8.54. The van der Waals surface area contributed by atoms with Gasteiger partial charge < -0.3 is 10.6 Å². The fourth-order valence-corrected chi connectivity index (χ4v) is 2.33. The molecule has 25 heavy (non-hydrogen) atoms. The maximum absolute atomic E-state index is 11.3. The monoisotopic (exact) mass is 349 g/mol. The molecule has 0 aliphatic carbocycles. The number of hydrogen-bond donors (Lipinski definition) is 1. The van der Waals surface area contributed by atoms with E-state index in [0.717, 1.165) is 19.6 Å². The van der Waals surface area contributed by atoms with Crippen molar-refractivity contribution >= 4 is 12.3 Å². The molecular weight excluding hydrogens is 314 g/mol. The van der Waals surface area contributed by atoms with Crippen LogP contribution in [0.2, 0.25) is 0 Å². The van der Waals surface area contributed by atoms with Crippen LogP contribution >= 0.6 is 0 Å². The molecule has 142 valence electrons. The van der Waals surface area contributed by atoms with Crippen molar-refractivity contribution < 1.29 is 9.59 Å². The van der Waals surface area contributed by atoms with Gasteiger partial charge in [0.05, 0.1) is 0 Å². The lowest BCUT2D eigenvalue weighted by atomic mass is 9.89. The third-order valence-electron chi connectivity index (χ3n) is 3.86. The van der Waals surface area contributed by atoms with E-state index in [4.69, 9.17) is 5.73 Å². The third-order valence-corrected chi connectivity index (χ3v) is 3.86. The van der Waals surface area contributed by atoms with Gasteiger partial charge in [-0.2, -0.15) is 0 Å². The Hall–Kier alpha value is -2.14. The standard InChI is InChI=1S/C10H16N2O2.C10H19N/c1-4-6-10(7-5-2,9(11)14)12(3)8-13;1-4-7-10-11(8-5-2)9-6-3/h4-5,8H,1-2,6-7H2,3H3,(H2,11,14);5-6H,2-4,7-10H2,1H3. The molecule has 0 aromatic heterocycles. The second-order valence-electron chi connectivity index (χ2n) is 5.79. The van der Waals surface area contributed by atoms with Crippen LogP contribution in [0.4, 0.5) is 0 Å². The summed E-state index contributed by atoms with van der Waals surface area (Å²) in [5, 5.41) is 0. The van der Waals surface area contributed by atoms with Gasteiger partial charge >= 0.3 is 0 Å². The van der Waals surface area contributed by atoms with Crippen molar-refractivity contribution in [2.24, 2.45) is 5.73 Å². The molecule has 2 amide bonds. The zero-order valence-corrected chi connectivity index (χ0v) is 16.0. The number of unbranched alkanes of at least 4 members (excludes halogenated alkanes) is 1. The first-order valence-electron chi connectivity index (χ1n) is 8.54. The van der Waals surface area contributed by atoms with Crippen LogP contribution in [0.5, 0.6) is 0 Å². The Kier molecular flexibility index (Phi) is 15.5. The molecule has 5 heteroatoms. The molecule has 0 saturated carbocycles. The highest BCUT2D eigenvalue weighted by Gasteiger charge is 2.37. The minimum Gasteiger partial charge on any atom is -0.368 e. The van der Waals surface area contributed by atoms with E-state index in [1.54, 1.807) is 12.2 Å². The van der Waals surface area contributed by atoms with Gasteiger partial charge in [-0.25, -0.2) is 0 Å². The summed E-state index contributed by atoms with van der Waals surface area (Å²) < 4.78 is 0. The Morgan fingerprint density at radius 1 is 1.04 bits per heavy atom. The van der Waals surface area contributed by atoms with E-state index in [0.29, 0.717) is 19.3 Å². The Labute approximate surface area is 153 Å². The lowest BCUT2D eigenvalue weighted by Gasteiger charge is -2.35. The summed E-state index contributed by atoms with van der Waals surface area (Å²) in [4.78, 5) is 25.6. The lowest BCUT2D eigenvalue weighted by Crippen LogP contribution is -2.55. The largest absolute Gasteiger partial charge is 0.368 e. The number of primary amides is 1. The van der Waals surface area contributed by atoms with Gasteiger partial charge in [0.25, 0.3) is 0 Å². The fourth-order valence-electron chi connectivity index (χ4n) is 2.33. The maximum Gasteiger partial charge on any atom is 0.244 e. The van der Waals surface area contributed by atoms with Crippen molar-refractivity contribution in [2.75, 3.05) is 26.7 Å². The number of nitrogens with two attached hydrogens (primary N) is 1. The zero-order valence-electron chi connectivity index (χ0n) is 16.0. The van der Waals surface area contributed by atoms with Crippen LogP contribution in [-0.2, 0) is 9.59 Å². The number of amides is 2. The second kappa shape index (κ2) is 15.4. The normalized spacial score (nSPS) is 10.2. The van der Waals surface area contributed by atoms with Crippen molar-refractivity contribution in [3.8, 4) is 0 Å². The zero-order chi connectivity index (χ0) is 19.7. The third kappa shape index (κ3) is 9.67. The molecule has 0 heterocycles. The predicted octanol–water partition coefficient (Wildman–Crippen LogP) is 2.91. The van der Waals surface area contributed by atoms with Gasteiger partial charge in [-0.05, 0) is 25.8 Å². The summed E-state index contributed by atoms with van der Waals surface area (Å²) >= 11 is 0. The Bertz CT molecular complexity index is 413. The summed E-state index contributed by atoms with van der Waals surface area (Å²) in [5.74, 6) is -0.549. The summed E-state index contributed by atoms with van der Waals surface area (Å²) in [6, 6.07) is 0. The highest BCUT2D eigenvalue weighted by molar-refractivity contribution is 5.87. The molecule has 0 unspecified atom stereocenters. The lowest BCUT2D eigenvalue weighted by molar-refractivity contribution is -0.136. The average molecular weight is 350 g/mol. The minimum absolute atomic E-state index is 0.323. The Morgan fingerprint density at radius 3 is 1.80 bits per heavy atom. The first-order chi connectivity index (χ1) is 11.9. The van der Waals surface area contributed by atoms with E-state index in [1.165, 1.54) is 24.8 Å². The predicted molar refractivity (Wildman–Crippen MR) is 107 cm³/mol. The molecule has 0 atom stereocenters. The van der Waals surface area contributed by atoms with Gasteiger partial charge in [-0.1, -0.05) is 37.6 Å². The van der Waals surface area contributed by atoms with Crippen LogP contribution in [0.1, 0.15) is 32.6 Å². The van der Waals surface area contributed by atoms with Crippen LogP contribution < -0.4 is 5.73 Å². The second-order valence-corrected chi connectivity index (χ2v) is 5.79. The minimum atomic E-state index is -1.02. The summed E-state index contributed by atoms with van der Waals surface area (Å²) in [7, 11) is 1.52. The molecule has 0 radical (unpaired) electrons. The molecule has 0 aliphatic rings. The number of carbonyl (C=O) groups is 2. The number of hydrogen-bond acceptors (Lipinski definition) is 3. The molecule has 0 spiro atoms. The molecule has 0 fully saturated rings. The summed E-state index contributed by atoms with van der Waals surface area (Å²) in [6.45, 7) is 19.8. The van der Waals surface area contributed by atoms with Crippen molar-refractivity contribution in [3.63, 3.8) is 0 Å². The van der Waals surface area contributed by atoms with Gasteiger partial charge in [0.2, 0.25) is 12.3 Å². The highest BCUT2D eigenvalue weighted by Crippen LogP contribution is 2.22. The number of rotatable bonds is 14. The van der Waals surface area contributed by atoms with Crippen LogP contribution in [0.3, 0.4) is 0 Å². The molecular formula is C20H35N3O2. The van der Waals surface area contributed by atoms with Gasteiger partial charge in [0.15, 0.2) is 0 Å². The molecule has 0 rings (SSSR count). The smallest absolute Gasteiger partial charge is 0.244 e. The van der Waals surface area contributed by atoms with Crippen molar-refractivity contribution in [2.45, 2.75) is 38.1 Å². The first kappa shape index (κ1) is 25.1. The molecule has 0 aromatic rings.